The number of hydrogen-bond acceptors (Lipinski definition) is 4. The Morgan fingerprint density at radius 2 is 1.86 bits per heavy atom. The van der Waals surface area contributed by atoms with Crippen LogP contribution in [-0.4, -0.2) is 45.9 Å². The van der Waals surface area contributed by atoms with Gasteiger partial charge in [0.2, 0.25) is 5.82 Å². The summed E-state index contributed by atoms with van der Waals surface area (Å²) >= 11 is 0. The molecule has 21 heavy (non-hydrogen) atoms. The van der Waals surface area contributed by atoms with Crippen LogP contribution in [0.15, 0.2) is 12.3 Å². The minimum atomic E-state index is -0.226. The molecular weight excluding hydrogens is 264 g/mol. The maximum Gasteiger partial charge on any atom is 0.289 e. The van der Waals surface area contributed by atoms with E-state index < -0.39 is 0 Å². The van der Waals surface area contributed by atoms with Gasteiger partial charge >= 0.3 is 0 Å². The first-order chi connectivity index (χ1) is 10.00. The SMILES string of the molecule is CCN(CC)CC(CC)(CC)NC(=O)c1nccc(C)n1. The van der Waals surface area contributed by atoms with E-state index in [2.05, 4.69) is 47.9 Å². The van der Waals surface area contributed by atoms with E-state index in [9.17, 15) is 4.79 Å². The Labute approximate surface area is 128 Å². The quantitative estimate of drug-likeness (QED) is 0.799. The molecule has 1 aromatic rings. The highest BCUT2D eigenvalue weighted by molar-refractivity contribution is 5.91. The molecule has 1 amide bonds. The van der Waals surface area contributed by atoms with E-state index in [-0.39, 0.29) is 17.3 Å². The summed E-state index contributed by atoms with van der Waals surface area (Å²) in [5.74, 6) is 0.0652. The molecule has 0 unspecified atom stereocenters. The maximum absolute atomic E-state index is 12.4. The Morgan fingerprint density at radius 1 is 1.24 bits per heavy atom. The van der Waals surface area contributed by atoms with E-state index in [1.165, 1.54) is 0 Å². The molecule has 1 N–H and O–H groups in total. The van der Waals surface area contributed by atoms with Crippen molar-refractivity contribution in [1.82, 2.24) is 20.2 Å². The van der Waals surface area contributed by atoms with Gasteiger partial charge in [-0.05, 0) is 38.9 Å². The number of aryl methyl sites for hydroxylation is 1. The second-order valence-electron chi connectivity index (χ2n) is 5.42. The summed E-state index contributed by atoms with van der Waals surface area (Å²) in [6.07, 6.45) is 3.40. The zero-order valence-electron chi connectivity index (χ0n) is 13.9. The van der Waals surface area contributed by atoms with Gasteiger partial charge in [-0.25, -0.2) is 9.97 Å². The summed E-state index contributed by atoms with van der Waals surface area (Å²) in [5, 5.41) is 3.17. The normalized spacial score (nSPS) is 11.7. The number of likely N-dealkylation sites (N-methyl/N-ethyl adjacent to an activating group) is 1. The standard InChI is InChI=1S/C16H28N4O/c1-6-16(7-2,12-20(8-3)9-4)19-15(21)14-17-11-10-13(5)18-14/h10-11H,6-9,12H2,1-5H3,(H,19,21). The summed E-state index contributed by atoms with van der Waals surface area (Å²) in [4.78, 5) is 23.1. The molecule has 0 spiro atoms. The molecule has 0 saturated heterocycles. The third kappa shape index (κ3) is 4.77. The highest BCUT2D eigenvalue weighted by Gasteiger charge is 2.30. The van der Waals surface area contributed by atoms with Crippen LogP contribution < -0.4 is 5.32 Å². The Kier molecular flexibility index (Phi) is 6.75. The van der Waals surface area contributed by atoms with E-state index in [4.69, 9.17) is 0 Å². The first-order valence-corrected chi connectivity index (χ1v) is 7.84. The van der Waals surface area contributed by atoms with Crippen molar-refractivity contribution in [2.45, 2.75) is 53.0 Å². The van der Waals surface area contributed by atoms with Crippen molar-refractivity contribution in [2.75, 3.05) is 19.6 Å². The largest absolute Gasteiger partial charge is 0.343 e. The molecule has 1 aromatic heterocycles. The van der Waals surface area contributed by atoms with Crippen molar-refractivity contribution < 1.29 is 4.79 Å². The molecule has 1 heterocycles. The smallest absolute Gasteiger partial charge is 0.289 e. The fourth-order valence-electron chi connectivity index (χ4n) is 2.42. The molecule has 0 aromatic carbocycles. The van der Waals surface area contributed by atoms with Gasteiger partial charge in [-0.1, -0.05) is 27.7 Å². The number of amides is 1. The van der Waals surface area contributed by atoms with Crippen LogP contribution in [0.2, 0.25) is 0 Å². The molecule has 0 saturated carbocycles. The molecule has 1 rings (SSSR count). The number of rotatable bonds is 8. The third-order valence-electron chi connectivity index (χ3n) is 4.15. The number of hydrogen-bond donors (Lipinski definition) is 1. The first kappa shape index (κ1) is 17.6. The van der Waals surface area contributed by atoms with Gasteiger partial charge in [0.1, 0.15) is 0 Å². The van der Waals surface area contributed by atoms with Crippen molar-refractivity contribution in [3.63, 3.8) is 0 Å². The Bertz CT molecular complexity index is 453. The van der Waals surface area contributed by atoms with Crippen LogP contribution in [-0.2, 0) is 0 Å². The average molecular weight is 292 g/mol. The minimum absolute atomic E-state index is 0.186. The van der Waals surface area contributed by atoms with Crippen LogP contribution in [0.5, 0.6) is 0 Å². The van der Waals surface area contributed by atoms with Crippen molar-refractivity contribution in [1.29, 1.82) is 0 Å². The summed E-state index contributed by atoms with van der Waals surface area (Å²) in [7, 11) is 0. The van der Waals surface area contributed by atoms with E-state index in [1.807, 2.05) is 6.92 Å². The lowest BCUT2D eigenvalue weighted by Gasteiger charge is -2.37. The molecule has 5 heteroatoms. The van der Waals surface area contributed by atoms with E-state index in [1.54, 1.807) is 12.3 Å². The Morgan fingerprint density at radius 3 is 2.33 bits per heavy atom. The molecule has 0 bridgehead atoms. The number of aromatic nitrogens is 2. The minimum Gasteiger partial charge on any atom is -0.343 e. The zero-order valence-corrected chi connectivity index (χ0v) is 13.9. The van der Waals surface area contributed by atoms with Crippen molar-refractivity contribution in [3.8, 4) is 0 Å². The monoisotopic (exact) mass is 292 g/mol. The molecule has 0 aliphatic carbocycles. The first-order valence-electron chi connectivity index (χ1n) is 7.84. The predicted molar refractivity (Wildman–Crippen MR) is 85.3 cm³/mol. The highest BCUT2D eigenvalue weighted by atomic mass is 16.2. The van der Waals surface area contributed by atoms with Crippen molar-refractivity contribution in [2.24, 2.45) is 0 Å². The summed E-state index contributed by atoms with van der Waals surface area (Å²) in [6, 6.07) is 1.79. The van der Waals surface area contributed by atoms with Gasteiger partial charge in [0.15, 0.2) is 0 Å². The van der Waals surface area contributed by atoms with Gasteiger partial charge in [-0.3, -0.25) is 4.79 Å². The van der Waals surface area contributed by atoms with Gasteiger partial charge in [0.25, 0.3) is 5.91 Å². The van der Waals surface area contributed by atoms with E-state index in [0.717, 1.165) is 38.2 Å². The third-order valence-corrected chi connectivity index (χ3v) is 4.15. The second kappa shape index (κ2) is 8.08. The van der Waals surface area contributed by atoms with Crippen LogP contribution in [0.25, 0.3) is 0 Å². The van der Waals surface area contributed by atoms with Gasteiger partial charge in [-0.15, -0.1) is 0 Å². The van der Waals surface area contributed by atoms with Crippen molar-refractivity contribution in [3.05, 3.63) is 23.8 Å². The van der Waals surface area contributed by atoms with Crippen LogP contribution in [0, 0.1) is 6.92 Å². The molecular formula is C16H28N4O. The van der Waals surface area contributed by atoms with E-state index >= 15 is 0 Å². The summed E-state index contributed by atoms with van der Waals surface area (Å²) in [6.45, 7) is 13.2. The molecule has 5 nitrogen and oxygen atoms in total. The fraction of sp³-hybridized carbons (Fsp3) is 0.688. The molecule has 0 aliphatic heterocycles. The zero-order chi connectivity index (χ0) is 15.9. The lowest BCUT2D eigenvalue weighted by atomic mass is 9.91. The summed E-state index contributed by atoms with van der Waals surface area (Å²) < 4.78 is 0. The van der Waals surface area contributed by atoms with Gasteiger partial charge < -0.3 is 10.2 Å². The summed E-state index contributed by atoms with van der Waals surface area (Å²) in [5.41, 5.74) is 0.577. The van der Waals surface area contributed by atoms with Crippen molar-refractivity contribution >= 4 is 5.91 Å². The van der Waals surface area contributed by atoms with Crippen LogP contribution in [0.4, 0.5) is 0 Å². The fourth-order valence-corrected chi connectivity index (χ4v) is 2.42. The van der Waals surface area contributed by atoms with Crippen LogP contribution in [0.1, 0.15) is 56.8 Å². The lowest BCUT2D eigenvalue weighted by molar-refractivity contribution is 0.0842. The Hall–Kier alpha value is -1.49. The number of nitrogens with zero attached hydrogens (tertiary/aromatic N) is 3. The lowest BCUT2D eigenvalue weighted by Crippen LogP contribution is -2.55. The van der Waals surface area contributed by atoms with Gasteiger partial charge in [-0.2, -0.15) is 0 Å². The van der Waals surface area contributed by atoms with Gasteiger partial charge in [0.05, 0.1) is 5.54 Å². The molecule has 0 radical (unpaired) electrons. The maximum atomic E-state index is 12.4. The second-order valence-corrected chi connectivity index (χ2v) is 5.42. The van der Waals surface area contributed by atoms with Crippen LogP contribution in [0.3, 0.4) is 0 Å². The predicted octanol–water partition coefficient (Wildman–Crippen LogP) is 2.42. The highest BCUT2D eigenvalue weighted by Crippen LogP contribution is 2.17. The Balaban J connectivity index is 2.89. The topological polar surface area (TPSA) is 58.1 Å². The van der Waals surface area contributed by atoms with Gasteiger partial charge in [0, 0.05) is 18.4 Å². The number of nitrogens with one attached hydrogen (secondary N) is 1. The number of carbonyl (C=O) groups is 1. The molecule has 118 valence electrons. The molecule has 0 atom stereocenters. The average Bonchev–Trinajstić information content (AvgIpc) is 2.51. The van der Waals surface area contributed by atoms with E-state index in [0.29, 0.717) is 0 Å². The molecule has 0 fully saturated rings. The number of carbonyl (C=O) groups excluding carboxylic acids is 1. The molecule has 0 aliphatic rings. The van der Waals surface area contributed by atoms with Crippen LogP contribution >= 0.6 is 0 Å².